The highest BCUT2D eigenvalue weighted by Crippen LogP contribution is 2.22. The third-order valence-electron chi connectivity index (χ3n) is 2.59. The predicted octanol–water partition coefficient (Wildman–Crippen LogP) is -1.49. The van der Waals surface area contributed by atoms with Gasteiger partial charge in [0.1, 0.15) is 18.1 Å². The zero-order valence-electron chi connectivity index (χ0n) is 14.3. The number of carbonyl (C=O) groups is 4. The van der Waals surface area contributed by atoms with Crippen molar-refractivity contribution in [3.05, 3.63) is 0 Å². The Hall–Kier alpha value is -1.54. The minimum atomic E-state index is -1.07. The lowest BCUT2D eigenvalue weighted by Gasteiger charge is -2.07. The molecule has 0 aromatic rings. The van der Waals surface area contributed by atoms with Gasteiger partial charge in [0.25, 0.3) is 0 Å². The summed E-state index contributed by atoms with van der Waals surface area (Å²) in [4.78, 5) is 41.6. The number of carbonyl (C=O) groups excluding carboxylic acids is 1. The summed E-state index contributed by atoms with van der Waals surface area (Å²) in [7, 11) is 2.41. The van der Waals surface area contributed by atoms with Crippen molar-refractivity contribution in [3.8, 4) is 0 Å². The fraction of sp³-hybridized carbons (Fsp3) is 0.692. The van der Waals surface area contributed by atoms with Crippen molar-refractivity contribution in [1.29, 1.82) is 0 Å². The summed E-state index contributed by atoms with van der Waals surface area (Å²) in [6, 6.07) is -2.78. The zero-order valence-corrected chi connectivity index (χ0v) is 15.9. The lowest BCUT2D eigenvalue weighted by atomic mass is 10.1. The van der Waals surface area contributed by atoms with Crippen molar-refractivity contribution in [1.82, 2.24) is 5.32 Å². The van der Waals surface area contributed by atoms with Crippen LogP contribution in [0.5, 0.6) is 0 Å². The van der Waals surface area contributed by atoms with E-state index < -0.39 is 36.0 Å². The van der Waals surface area contributed by atoms with E-state index in [-0.39, 0.29) is 30.3 Å². The molecule has 1 amide bonds. The highest BCUT2D eigenvalue weighted by molar-refractivity contribution is 8.76. The number of carboxylic acids is 3. The van der Waals surface area contributed by atoms with Gasteiger partial charge in [0.2, 0.25) is 5.91 Å². The second-order valence-electron chi connectivity index (χ2n) is 4.90. The quantitative estimate of drug-likeness (QED) is 0.143. The molecule has 0 saturated heterocycles. The van der Waals surface area contributed by atoms with Crippen LogP contribution in [0.3, 0.4) is 0 Å². The average Bonchev–Trinajstić information content (AvgIpc) is 2.56. The Balaban J connectivity index is 0. The number of nitrogens with one attached hydrogen (secondary N) is 1. The highest BCUT2D eigenvalue weighted by Gasteiger charge is 2.14. The molecule has 0 saturated carbocycles. The topological polar surface area (TPSA) is 219 Å². The van der Waals surface area contributed by atoms with Gasteiger partial charge < -0.3 is 37.8 Å². The maximum absolute atomic E-state index is 10.8. The number of carboxylic acid groups (broad SMARTS) is 3. The molecule has 0 unspecified atom stereocenters. The van der Waals surface area contributed by atoms with Crippen molar-refractivity contribution < 1.29 is 34.5 Å². The van der Waals surface area contributed by atoms with E-state index in [9.17, 15) is 19.2 Å². The molecule has 0 spiro atoms. The molecule has 10 N–H and O–H groups in total. The molecule has 0 aliphatic carbocycles. The average molecular weight is 415 g/mol. The number of rotatable bonds is 12. The molecular weight excluding hydrogens is 388 g/mol. The first-order valence-corrected chi connectivity index (χ1v) is 9.97. The molecule has 11 nitrogen and oxygen atoms in total. The number of hydrogen-bond acceptors (Lipinski definition) is 9. The molecule has 0 aliphatic rings. The minimum Gasteiger partial charge on any atom is -0.480 e. The van der Waals surface area contributed by atoms with E-state index in [2.05, 4.69) is 5.32 Å². The van der Waals surface area contributed by atoms with E-state index in [1.807, 2.05) is 0 Å². The van der Waals surface area contributed by atoms with Crippen LogP contribution in [-0.4, -0.2) is 75.3 Å². The molecular formula is C13H26N4O7S2. The molecule has 152 valence electrons. The predicted molar refractivity (Wildman–Crippen MR) is 99.7 cm³/mol. The van der Waals surface area contributed by atoms with Crippen LogP contribution in [0.1, 0.15) is 19.8 Å². The second kappa shape index (κ2) is 15.7. The number of aliphatic carboxylic acids is 3. The van der Waals surface area contributed by atoms with Crippen LogP contribution in [0, 0.1) is 0 Å². The van der Waals surface area contributed by atoms with E-state index in [1.54, 1.807) is 6.92 Å². The van der Waals surface area contributed by atoms with Gasteiger partial charge in [-0.05, 0) is 13.3 Å². The Bertz CT molecular complexity index is 446. The van der Waals surface area contributed by atoms with Crippen molar-refractivity contribution in [2.24, 2.45) is 17.2 Å². The first-order chi connectivity index (χ1) is 12.0. The van der Waals surface area contributed by atoms with Crippen LogP contribution < -0.4 is 22.5 Å². The molecule has 0 rings (SSSR count). The van der Waals surface area contributed by atoms with Gasteiger partial charge in [0.05, 0.1) is 0 Å². The van der Waals surface area contributed by atoms with Crippen LogP contribution in [0.15, 0.2) is 0 Å². The van der Waals surface area contributed by atoms with E-state index in [0.29, 0.717) is 6.54 Å². The Labute approximate surface area is 158 Å². The van der Waals surface area contributed by atoms with Crippen LogP contribution in [0.2, 0.25) is 0 Å². The summed E-state index contributed by atoms with van der Waals surface area (Å²) in [5.41, 5.74) is 15.6. The Morgan fingerprint density at radius 3 is 1.54 bits per heavy atom. The zero-order chi connectivity index (χ0) is 20.7. The summed E-state index contributed by atoms with van der Waals surface area (Å²) in [5, 5.41) is 27.7. The summed E-state index contributed by atoms with van der Waals surface area (Å²) in [6.45, 7) is 2.36. The van der Waals surface area contributed by atoms with Crippen LogP contribution in [-0.2, 0) is 19.2 Å². The normalized spacial score (nSPS) is 13.5. The van der Waals surface area contributed by atoms with E-state index >= 15 is 0 Å². The lowest BCUT2D eigenvalue weighted by Crippen LogP contribution is -2.33. The molecule has 0 heterocycles. The standard InChI is InChI=1S/C7H14N2O3.C6H12N2O4S2/c1-2-9-6(10)4-3-5(8)7(11)12;7-3(5(9)10)1-13-14-2-4(8)6(11)12/h5H,2-4,8H2,1H3,(H,9,10)(H,11,12);3-4H,1-2,7-8H2,(H,9,10)(H,11,12)/t5-;3-,4-/m00/s1. The second-order valence-corrected chi connectivity index (χ2v) is 7.45. The number of nitrogens with two attached hydrogens (primary N) is 3. The van der Waals surface area contributed by atoms with Crippen molar-refractivity contribution in [2.45, 2.75) is 37.9 Å². The smallest absolute Gasteiger partial charge is 0.321 e. The van der Waals surface area contributed by atoms with Crippen LogP contribution in [0.25, 0.3) is 0 Å². The summed E-state index contributed by atoms with van der Waals surface area (Å²) in [5.74, 6) is -2.91. The first-order valence-electron chi connectivity index (χ1n) is 7.49. The van der Waals surface area contributed by atoms with E-state index in [1.165, 1.54) is 21.6 Å². The Kier molecular flexibility index (Phi) is 16.1. The summed E-state index contributed by atoms with van der Waals surface area (Å²) < 4.78 is 0. The van der Waals surface area contributed by atoms with Gasteiger partial charge in [-0.15, -0.1) is 0 Å². The van der Waals surface area contributed by atoms with Crippen LogP contribution >= 0.6 is 21.6 Å². The summed E-state index contributed by atoms with van der Waals surface area (Å²) in [6.07, 6.45) is 0.350. The van der Waals surface area contributed by atoms with Crippen LogP contribution in [0.4, 0.5) is 0 Å². The molecule has 13 heteroatoms. The highest BCUT2D eigenvalue weighted by atomic mass is 33.1. The Morgan fingerprint density at radius 1 is 0.846 bits per heavy atom. The molecule has 26 heavy (non-hydrogen) atoms. The Morgan fingerprint density at radius 2 is 1.23 bits per heavy atom. The fourth-order valence-corrected chi connectivity index (χ4v) is 3.31. The number of amides is 1. The third-order valence-corrected chi connectivity index (χ3v) is 5.06. The maximum atomic E-state index is 10.8. The third kappa shape index (κ3) is 16.0. The number of hydrogen-bond donors (Lipinski definition) is 7. The van der Waals surface area contributed by atoms with Crippen molar-refractivity contribution >= 4 is 45.4 Å². The molecule has 0 radical (unpaired) electrons. The summed E-state index contributed by atoms with van der Waals surface area (Å²) >= 11 is 0. The molecule has 3 atom stereocenters. The first kappa shape index (κ1) is 26.7. The van der Waals surface area contributed by atoms with Crippen molar-refractivity contribution in [3.63, 3.8) is 0 Å². The maximum Gasteiger partial charge on any atom is 0.321 e. The van der Waals surface area contributed by atoms with Gasteiger partial charge in [0, 0.05) is 24.5 Å². The van der Waals surface area contributed by atoms with Gasteiger partial charge in [0.15, 0.2) is 0 Å². The van der Waals surface area contributed by atoms with E-state index in [4.69, 9.17) is 32.5 Å². The largest absolute Gasteiger partial charge is 0.480 e. The fourth-order valence-electron chi connectivity index (χ4n) is 1.08. The molecule has 0 aliphatic heterocycles. The van der Waals surface area contributed by atoms with E-state index in [0.717, 1.165) is 0 Å². The minimum absolute atomic E-state index is 0.158. The van der Waals surface area contributed by atoms with Gasteiger partial charge in [-0.25, -0.2) is 0 Å². The van der Waals surface area contributed by atoms with Gasteiger partial charge in [-0.2, -0.15) is 0 Å². The SMILES string of the molecule is CCNC(=O)CC[C@H](N)C(=O)O.N[C@@H](CSSC[C@H](N)C(=O)O)C(=O)O. The lowest BCUT2D eigenvalue weighted by molar-refractivity contribution is -0.139. The van der Waals surface area contributed by atoms with Gasteiger partial charge >= 0.3 is 17.9 Å². The van der Waals surface area contributed by atoms with Gasteiger partial charge in [-0.1, -0.05) is 21.6 Å². The van der Waals surface area contributed by atoms with Gasteiger partial charge in [-0.3, -0.25) is 19.2 Å². The van der Waals surface area contributed by atoms with Crippen molar-refractivity contribution in [2.75, 3.05) is 18.1 Å². The molecule has 0 aromatic heterocycles. The molecule has 0 aromatic carbocycles. The molecule has 0 fully saturated rings. The molecule has 0 bridgehead atoms. The monoisotopic (exact) mass is 414 g/mol.